The van der Waals surface area contributed by atoms with Crippen LogP contribution < -0.4 is 0 Å². The third-order valence-corrected chi connectivity index (χ3v) is 6.46. The van der Waals surface area contributed by atoms with Gasteiger partial charge in [-0.3, -0.25) is 9.69 Å². The van der Waals surface area contributed by atoms with Gasteiger partial charge in [0.1, 0.15) is 16.5 Å². The molecule has 0 spiro atoms. The number of nitrogens with zero attached hydrogens (tertiary/aromatic N) is 3. The zero-order valence-electron chi connectivity index (χ0n) is 17.3. The molecule has 31 heavy (non-hydrogen) atoms. The highest BCUT2D eigenvalue weighted by Gasteiger charge is 2.21. The monoisotopic (exact) mass is 457 g/mol. The number of hydrogen-bond acceptors (Lipinski definition) is 4. The van der Waals surface area contributed by atoms with E-state index in [-0.39, 0.29) is 11.7 Å². The van der Waals surface area contributed by atoms with E-state index in [1.165, 1.54) is 29.9 Å². The molecule has 1 saturated heterocycles. The van der Waals surface area contributed by atoms with Crippen molar-refractivity contribution in [1.82, 2.24) is 14.8 Å². The van der Waals surface area contributed by atoms with Gasteiger partial charge in [-0.05, 0) is 54.7 Å². The number of benzene rings is 2. The summed E-state index contributed by atoms with van der Waals surface area (Å²) in [7, 11) is 0. The molecule has 4 nitrogen and oxygen atoms in total. The smallest absolute Gasteiger partial charge is 0.273 e. The lowest BCUT2D eigenvalue weighted by molar-refractivity contribution is 0.0718. The average molecular weight is 458 g/mol. The van der Waals surface area contributed by atoms with Gasteiger partial charge in [-0.1, -0.05) is 35.9 Å². The summed E-state index contributed by atoms with van der Waals surface area (Å²) in [4.78, 5) is 21.5. The molecule has 7 heteroatoms. The van der Waals surface area contributed by atoms with Crippen LogP contribution in [-0.2, 0) is 19.6 Å². The van der Waals surface area contributed by atoms with Crippen molar-refractivity contribution < 1.29 is 9.18 Å². The Morgan fingerprint density at radius 1 is 1.03 bits per heavy atom. The molecule has 0 bridgehead atoms. The molecule has 0 saturated carbocycles. The van der Waals surface area contributed by atoms with Crippen LogP contribution in [0.25, 0.3) is 0 Å². The Kier molecular flexibility index (Phi) is 7.33. The molecule has 1 aromatic heterocycles. The van der Waals surface area contributed by atoms with Crippen molar-refractivity contribution in [2.24, 2.45) is 0 Å². The lowest BCUT2D eigenvalue weighted by atomic mass is 10.1. The summed E-state index contributed by atoms with van der Waals surface area (Å²) >= 11 is 7.68. The van der Waals surface area contributed by atoms with Crippen LogP contribution in [0.4, 0.5) is 4.39 Å². The van der Waals surface area contributed by atoms with Crippen molar-refractivity contribution in [1.29, 1.82) is 0 Å². The molecule has 1 aliphatic rings. The van der Waals surface area contributed by atoms with Gasteiger partial charge in [0.15, 0.2) is 0 Å². The molecule has 2 aromatic carbocycles. The third kappa shape index (κ3) is 6.12. The third-order valence-electron chi connectivity index (χ3n) is 5.39. The van der Waals surface area contributed by atoms with Crippen molar-refractivity contribution in [3.05, 3.63) is 86.6 Å². The Labute approximate surface area is 191 Å². The molecule has 0 atom stereocenters. The fourth-order valence-corrected chi connectivity index (χ4v) is 4.86. The molecule has 3 aromatic rings. The van der Waals surface area contributed by atoms with E-state index in [4.69, 9.17) is 11.6 Å². The number of rotatable bonds is 7. The average Bonchev–Trinajstić information content (AvgIpc) is 3.24. The fraction of sp³-hybridized carbons (Fsp3) is 0.333. The summed E-state index contributed by atoms with van der Waals surface area (Å²) < 4.78 is 13.3. The van der Waals surface area contributed by atoms with Gasteiger partial charge in [0.25, 0.3) is 5.91 Å². The molecular weight excluding hydrogens is 433 g/mol. The number of amides is 1. The first-order chi connectivity index (χ1) is 15.1. The van der Waals surface area contributed by atoms with E-state index in [1.807, 2.05) is 34.5 Å². The summed E-state index contributed by atoms with van der Waals surface area (Å²) in [6.07, 6.45) is 3.32. The predicted molar refractivity (Wildman–Crippen MR) is 123 cm³/mol. The Morgan fingerprint density at radius 2 is 1.77 bits per heavy atom. The predicted octanol–water partition coefficient (Wildman–Crippen LogP) is 5.76. The van der Waals surface area contributed by atoms with Crippen molar-refractivity contribution >= 4 is 28.8 Å². The van der Waals surface area contributed by atoms with Gasteiger partial charge in [-0.2, -0.15) is 0 Å². The van der Waals surface area contributed by atoms with Gasteiger partial charge in [-0.25, -0.2) is 9.37 Å². The molecule has 1 aliphatic heterocycles. The Bertz CT molecular complexity index is 1020. The van der Waals surface area contributed by atoms with Crippen LogP contribution in [0.2, 0.25) is 5.02 Å². The normalized spacial score (nSPS) is 14.2. The van der Waals surface area contributed by atoms with Crippen molar-refractivity contribution in [3.63, 3.8) is 0 Å². The first-order valence-corrected chi connectivity index (χ1v) is 11.8. The Morgan fingerprint density at radius 3 is 2.52 bits per heavy atom. The van der Waals surface area contributed by atoms with Crippen LogP contribution in [-0.4, -0.2) is 33.8 Å². The van der Waals surface area contributed by atoms with Crippen LogP contribution in [0.3, 0.4) is 0 Å². The fourth-order valence-electron chi connectivity index (χ4n) is 3.84. The highest BCUT2D eigenvalue weighted by atomic mass is 35.5. The summed E-state index contributed by atoms with van der Waals surface area (Å²) in [6, 6.07) is 14.3. The van der Waals surface area contributed by atoms with Crippen LogP contribution >= 0.6 is 22.9 Å². The summed E-state index contributed by atoms with van der Waals surface area (Å²) in [6.45, 7) is 3.55. The lowest BCUT2D eigenvalue weighted by Gasteiger charge is -2.25. The number of carbonyl (C=O) groups is 1. The minimum atomic E-state index is -0.245. The van der Waals surface area contributed by atoms with E-state index in [2.05, 4.69) is 9.88 Å². The maximum atomic E-state index is 13.3. The number of likely N-dealkylation sites (tertiary alicyclic amines) is 1. The topological polar surface area (TPSA) is 36.4 Å². The summed E-state index contributed by atoms with van der Waals surface area (Å²) in [5.41, 5.74) is 2.65. The van der Waals surface area contributed by atoms with Crippen LogP contribution in [0.15, 0.2) is 53.9 Å². The van der Waals surface area contributed by atoms with E-state index in [9.17, 15) is 9.18 Å². The summed E-state index contributed by atoms with van der Waals surface area (Å²) in [5.74, 6) is -0.215. The highest BCUT2D eigenvalue weighted by Crippen LogP contribution is 2.20. The van der Waals surface area contributed by atoms with Gasteiger partial charge >= 0.3 is 0 Å². The van der Waals surface area contributed by atoms with E-state index in [0.29, 0.717) is 30.4 Å². The Balaban J connectivity index is 1.49. The van der Waals surface area contributed by atoms with Crippen LogP contribution in [0.1, 0.15) is 45.9 Å². The second kappa shape index (κ2) is 10.4. The number of halogens is 2. The zero-order valence-corrected chi connectivity index (χ0v) is 18.8. The maximum Gasteiger partial charge on any atom is 0.273 e. The molecule has 4 rings (SSSR count). The van der Waals surface area contributed by atoms with Gasteiger partial charge in [-0.15, -0.1) is 11.3 Å². The number of aromatic nitrogens is 1. The first kappa shape index (κ1) is 21.9. The second-order valence-electron chi connectivity index (χ2n) is 7.88. The molecule has 0 aliphatic carbocycles. The summed E-state index contributed by atoms with van der Waals surface area (Å²) in [5, 5.41) is 3.45. The quantitative estimate of drug-likeness (QED) is 0.452. The first-order valence-electron chi connectivity index (χ1n) is 10.5. The minimum absolute atomic E-state index is 0.0297. The molecule has 0 radical (unpaired) electrons. The number of piperidine rings is 1. The molecule has 0 unspecified atom stereocenters. The second-order valence-corrected chi connectivity index (χ2v) is 9.26. The van der Waals surface area contributed by atoms with Gasteiger partial charge in [0.05, 0.1) is 6.54 Å². The maximum absolute atomic E-state index is 13.3. The highest BCUT2D eigenvalue weighted by molar-refractivity contribution is 7.09. The van der Waals surface area contributed by atoms with E-state index < -0.39 is 0 Å². The molecule has 1 amide bonds. The van der Waals surface area contributed by atoms with Gasteiger partial charge in [0.2, 0.25) is 0 Å². The molecule has 1 fully saturated rings. The molecule has 162 valence electrons. The lowest BCUT2D eigenvalue weighted by Crippen LogP contribution is -2.35. The van der Waals surface area contributed by atoms with Crippen molar-refractivity contribution in [3.8, 4) is 0 Å². The van der Waals surface area contributed by atoms with Crippen LogP contribution in [0.5, 0.6) is 0 Å². The van der Waals surface area contributed by atoms with Crippen molar-refractivity contribution in [2.45, 2.75) is 38.9 Å². The van der Waals surface area contributed by atoms with Gasteiger partial charge in [0, 0.05) is 36.6 Å². The largest absolute Gasteiger partial charge is 0.337 e. The van der Waals surface area contributed by atoms with E-state index >= 15 is 0 Å². The SMILES string of the molecule is O=C(c1csc(CN(Cc2ccc(F)cc2)Cc2cccc(Cl)c2)n1)N1CCCCC1. The van der Waals surface area contributed by atoms with E-state index in [1.54, 1.807) is 12.1 Å². The van der Waals surface area contributed by atoms with E-state index in [0.717, 1.165) is 42.1 Å². The molecule has 2 heterocycles. The van der Waals surface area contributed by atoms with Gasteiger partial charge < -0.3 is 4.90 Å². The standard InChI is InChI=1S/C24H25ClFN3OS/c25-20-6-4-5-19(13-20)15-28(14-18-7-9-21(26)10-8-18)16-23-27-22(17-31-23)24(30)29-11-2-1-3-12-29/h4-10,13,17H,1-3,11-12,14-16H2. The number of carbonyl (C=O) groups excluding carboxylic acids is 1. The van der Waals surface area contributed by atoms with Crippen LogP contribution in [0, 0.1) is 5.82 Å². The molecular formula is C24H25ClFN3OS. The zero-order chi connectivity index (χ0) is 21.6. The molecule has 0 N–H and O–H groups in total. The minimum Gasteiger partial charge on any atom is -0.337 e. The number of hydrogen-bond donors (Lipinski definition) is 0. The van der Waals surface area contributed by atoms with Crippen molar-refractivity contribution in [2.75, 3.05) is 13.1 Å². The number of thiazole rings is 1. The Hall–Kier alpha value is -2.28.